The van der Waals surface area contributed by atoms with E-state index in [2.05, 4.69) is 10.3 Å². The molecule has 1 aromatic carbocycles. The van der Waals surface area contributed by atoms with Crippen LogP contribution in [0.25, 0.3) is 11.5 Å². The van der Waals surface area contributed by atoms with E-state index in [9.17, 15) is 4.79 Å². The molecule has 0 spiro atoms. The van der Waals surface area contributed by atoms with Gasteiger partial charge in [-0.3, -0.25) is 9.78 Å². The Morgan fingerprint density at radius 1 is 1.21 bits per heavy atom. The van der Waals surface area contributed by atoms with Crippen LogP contribution < -0.4 is 10.1 Å². The third-order valence-corrected chi connectivity index (χ3v) is 3.48. The number of carbonyl (C=O) groups excluding carboxylic acids is 1. The second-order valence-electron chi connectivity index (χ2n) is 5.17. The number of pyridine rings is 1. The molecule has 24 heavy (non-hydrogen) atoms. The number of aromatic nitrogens is 1. The Morgan fingerprint density at radius 3 is 2.75 bits per heavy atom. The standard InChI is InChI=1S/C19H18N2O3/c1-2-23-16-7-5-15(6-8-16)19(22)21-13-14-9-10-20-17(12-14)18-4-3-11-24-18/h3-12H,2,13H2,1H3,(H,21,22). The van der Waals surface area contributed by atoms with Gasteiger partial charge in [-0.15, -0.1) is 0 Å². The van der Waals surface area contributed by atoms with Crippen molar-refractivity contribution in [2.75, 3.05) is 6.61 Å². The number of ether oxygens (including phenoxy) is 1. The lowest BCUT2D eigenvalue weighted by atomic mass is 10.1. The molecule has 0 atom stereocenters. The van der Waals surface area contributed by atoms with Crippen molar-refractivity contribution < 1.29 is 13.9 Å². The molecule has 0 saturated carbocycles. The lowest BCUT2D eigenvalue weighted by Gasteiger charge is -2.07. The molecule has 0 aliphatic carbocycles. The van der Waals surface area contributed by atoms with Crippen LogP contribution in [0.4, 0.5) is 0 Å². The number of nitrogens with zero attached hydrogens (tertiary/aromatic N) is 1. The first-order chi connectivity index (χ1) is 11.8. The van der Waals surface area contributed by atoms with Crippen LogP contribution >= 0.6 is 0 Å². The van der Waals surface area contributed by atoms with Gasteiger partial charge in [0.25, 0.3) is 5.91 Å². The van der Waals surface area contributed by atoms with Crippen molar-refractivity contribution in [1.82, 2.24) is 10.3 Å². The highest BCUT2D eigenvalue weighted by Gasteiger charge is 2.07. The fraction of sp³-hybridized carbons (Fsp3) is 0.158. The molecule has 3 rings (SSSR count). The fourth-order valence-corrected chi connectivity index (χ4v) is 2.30. The molecule has 0 saturated heterocycles. The molecule has 2 heterocycles. The Balaban J connectivity index is 1.63. The van der Waals surface area contributed by atoms with Gasteiger partial charge < -0.3 is 14.5 Å². The van der Waals surface area contributed by atoms with E-state index in [4.69, 9.17) is 9.15 Å². The number of furan rings is 1. The van der Waals surface area contributed by atoms with Gasteiger partial charge in [-0.05, 0) is 61.0 Å². The third kappa shape index (κ3) is 3.81. The van der Waals surface area contributed by atoms with Crippen LogP contribution in [0.2, 0.25) is 0 Å². The van der Waals surface area contributed by atoms with Gasteiger partial charge in [0.2, 0.25) is 0 Å². The highest BCUT2D eigenvalue weighted by Crippen LogP contribution is 2.18. The van der Waals surface area contributed by atoms with Crippen LogP contribution in [-0.4, -0.2) is 17.5 Å². The minimum absolute atomic E-state index is 0.130. The van der Waals surface area contributed by atoms with E-state index in [1.54, 1.807) is 36.7 Å². The summed E-state index contributed by atoms with van der Waals surface area (Å²) < 4.78 is 10.7. The zero-order valence-electron chi connectivity index (χ0n) is 13.4. The molecule has 5 heteroatoms. The highest BCUT2D eigenvalue weighted by molar-refractivity contribution is 5.94. The average molecular weight is 322 g/mol. The first kappa shape index (κ1) is 15.8. The second kappa shape index (κ2) is 7.46. The van der Waals surface area contributed by atoms with E-state index in [1.165, 1.54) is 0 Å². The van der Waals surface area contributed by atoms with Crippen LogP contribution in [0, 0.1) is 0 Å². The summed E-state index contributed by atoms with van der Waals surface area (Å²) in [6.07, 6.45) is 3.31. The summed E-state index contributed by atoms with van der Waals surface area (Å²) in [5.41, 5.74) is 2.29. The SMILES string of the molecule is CCOc1ccc(C(=O)NCc2ccnc(-c3ccco3)c2)cc1. The van der Waals surface area contributed by atoms with Crippen molar-refractivity contribution >= 4 is 5.91 Å². The van der Waals surface area contributed by atoms with Gasteiger partial charge in [0.05, 0.1) is 12.9 Å². The lowest BCUT2D eigenvalue weighted by Crippen LogP contribution is -2.22. The molecule has 2 aromatic heterocycles. The van der Waals surface area contributed by atoms with Gasteiger partial charge in [-0.25, -0.2) is 0 Å². The predicted octanol–water partition coefficient (Wildman–Crippen LogP) is 3.67. The Labute approximate surface area is 140 Å². The Morgan fingerprint density at radius 2 is 2.04 bits per heavy atom. The Bertz CT molecular complexity index is 796. The van der Waals surface area contributed by atoms with Gasteiger partial charge in [0, 0.05) is 18.3 Å². The average Bonchev–Trinajstić information content (AvgIpc) is 3.16. The number of amides is 1. The van der Waals surface area contributed by atoms with Crippen LogP contribution in [0.15, 0.2) is 65.4 Å². The zero-order chi connectivity index (χ0) is 16.8. The first-order valence-corrected chi connectivity index (χ1v) is 7.76. The molecule has 0 unspecified atom stereocenters. The lowest BCUT2D eigenvalue weighted by molar-refractivity contribution is 0.0951. The quantitative estimate of drug-likeness (QED) is 0.752. The molecule has 0 aliphatic heterocycles. The van der Waals surface area contributed by atoms with E-state index in [-0.39, 0.29) is 5.91 Å². The minimum atomic E-state index is -0.130. The maximum absolute atomic E-state index is 12.2. The number of hydrogen-bond donors (Lipinski definition) is 1. The molecule has 0 bridgehead atoms. The summed E-state index contributed by atoms with van der Waals surface area (Å²) in [6.45, 7) is 2.94. The summed E-state index contributed by atoms with van der Waals surface area (Å²) in [7, 11) is 0. The molecule has 0 aliphatic rings. The van der Waals surface area contributed by atoms with Crippen molar-refractivity contribution in [3.8, 4) is 17.2 Å². The highest BCUT2D eigenvalue weighted by atomic mass is 16.5. The van der Waals surface area contributed by atoms with Crippen molar-refractivity contribution in [3.63, 3.8) is 0 Å². The molecule has 1 amide bonds. The number of rotatable bonds is 6. The van der Waals surface area contributed by atoms with Crippen LogP contribution in [0.5, 0.6) is 5.75 Å². The van der Waals surface area contributed by atoms with E-state index in [1.807, 2.05) is 31.2 Å². The molecule has 5 nitrogen and oxygen atoms in total. The van der Waals surface area contributed by atoms with Gasteiger partial charge >= 0.3 is 0 Å². The van der Waals surface area contributed by atoms with Gasteiger partial charge in [-0.1, -0.05) is 0 Å². The van der Waals surface area contributed by atoms with E-state index in [0.29, 0.717) is 24.5 Å². The molecule has 0 radical (unpaired) electrons. The van der Waals surface area contributed by atoms with Crippen LogP contribution in [0.3, 0.4) is 0 Å². The van der Waals surface area contributed by atoms with Gasteiger partial charge in [0.1, 0.15) is 11.4 Å². The summed E-state index contributed by atoms with van der Waals surface area (Å²) in [5, 5.41) is 2.90. The number of carbonyl (C=O) groups is 1. The predicted molar refractivity (Wildman–Crippen MR) is 90.7 cm³/mol. The maximum atomic E-state index is 12.2. The van der Waals surface area contributed by atoms with E-state index < -0.39 is 0 Å². The Kier molecular flexibility index (Phi) is 4.91. The maximum Gasteiger partial charge on any atom is 0.251 e. The topological polar surface area (TPSA) is 64.4 Å². The zero-order valence-corrected chi connectivity index (χ0v) is 13.4. The first-order valence-electron chi connectivity index (χ1n) is 7.76. The van der Waals surface area contributed by atoms with E-state index in [0.717, 1.165) is 17.0 Å². The number of benzene rings is 1. The number of hydrogen-bond acceptors (Lipinski definition) is 4. The van der Waals surface area contributed by atoms with Crippen molar-refractivity contribution in [2.45, 2.75) is 13.5 Å². The number of nitrogens with one attached hydrogen (secondary N) is 1. The molecular formula is C19H18N2O3. The van der Waals surface area contributed by atoms with E-state index >= 15 is 0 Å². The summed E-state index contributed by atoms with van der Waals surface area (Å²) >= 11 is 0. The van der Waals surface area contributed by atoms with Crippen molar-refractivity contribution in [1.29, 1.82) is 0 Å². The molecule has 122 valence electrons. The Hall–Kier alpha value is -3.08. The molecular weight excluding hydrogens is 304 g/mol. The van der Waals surface area contributed by atoms with Crippen LogP contribution in [0.1, 0.15) is 22.8 Å². The normalized spacial score (nSPS) is 10.4. The molecule has 0 fully saturated rings. The van der Waals surface area contributed by atoms with Gasteiger partial charge in [0.15, 0.2) is 5.76 Å². The summed E-state index contributed by atoms with van der Waals surface area (Å²) in [6, 6.07) is 14.5. The molecule has 3 aromatic rings. The van der Waals surface area contributed by atoms with Gasteiger partial charge in [-0.2, -0.15) is 0 Å². The van der Waals surface area contributed by atoms with Crippen molar-refractivity contribution in [2.24, 2.45) is 0 Å². The van der Waals surface area contributed by atoms with Crippen molar-refractivity contribution in [3.05, 3.63) is 72.1 Å². The molecule has 1 N–H and O–H groups in total. The summed E-state index contributed by atoms with van der Waals surface area (Å²) in [5.74, 6) is 1.33. The minimum Gasteiger partial charge on any atom is -0.494 e. The summed E-state index contributed by atoms with van der Waals surface area (Å²) in [4.78, 5) is 16.5. The monoisotopic (exact) mass is 322 g/mol. The van der Waals surface area contributed by atoms with Crippen LogP contribution in [-0.2, 0) is 6.54 Å². The smallest absolute Gasteiger partial charge is 0.251 e. The largest absolute Gasteiger partial charge is 0.494 e. The second-order valence-corrected chi connectivity index (χ2v) is 5.17. The fourth-order valence-electron chi connectivity index (χ4n) is 2.30. The third-order valence-electron chi connectivity index (χ3n) is 3.48.